The Balaban J connectivity index is 1.55. The number of nitrogens with zero attached hydrogens (tertiary/aromatic N) is 4. The van der Waals surface area contributed by atoms with Crippen LogP contribution in [0.1, 0.15) is 32.2 Å². The maximum atomic E-state index is 12.8. The maximum Gasteiger partial charge on any atom is 0.259 e. The summed E-state index contributed by atoms with van der Waals surface area (Å²) in [6.45, 7) is 3.71. The Kier molecular flexibility index (Phi) is 5.29. The van der Waals surface area contributed by atoms with Crippen LogP contribution < -0.4 is 5.32 Å². The predicted molar refractivity (Wildman–Crippen MR) is 117 cm³/mol. The number of carbonyl (C=O) groups excluding carboxylic acids is 1. The highest BCUT2D eigenvalue weighted by Gasteiger charge is 2.17. The van der Waals surface area contributed by atoms with Crippen molar-refractivity contribution in [3.63, 3.8) is 0 Å². The van der Waals surface area contributed by atoms with Crippen molar-refractivity contribution in [3.8, 4) is 0 Å². The van der Waals surface area contributed by atoms with Crippen molar-refractivity contribution in [2.75, 3.05) is 5.32 Å². The summed E-state index contributed by atoms with van der Waals surface area (Å²) in [7, 11) is 1.84. The van der Waals surface area contributed by atoms with Crippen LogP contribution in [0.15, 0.2) is 30.5 Å². The molecule has 0 bridgehead atoms. The summed E-state index contributed by atoms with van der Waals surface area (Å²) in [5.74, 6) is -0.248. The van der Waals surface area contributed by atoms with E-state index in [4.69, 9.17) is 23.2 Å². The van der Waals surface area contributed by atoms with Gasteiger partial charge in [-0.2, -0.15) is 5.10 Å². The van der Waals surface area contributed by atoms with Crippen LogP contribution in [-0.4, -0.2) is 25.7 Å². The normalized spacial score (nSPS) is 11.2. The van der Waals surface area contributed by atoms with Crippen LogP contribution in [0.4, 0.5) is 5.13 Å². The fourth-order valence-electron chi connectivity index (χ4n) is 3.15. The van der Waals surface area contributed by atoms with Crippen LogP contribution in [0.25, 0.3) is 11.0 Å². The summed E-state index contributed by atoms with van der Waals surface area (Å²) < 4.78 is 1.72. The number of fused-ring (bicyclic) bond motifs is 1. The Hall–Kier alpha value is -2.48. The smallest absolute Gasteiger partial charge is 0.259 e. The molecule has 3 aromatic heterocycles. The van der Waals surface area contributed by atoms with E-state index < -0.39 is 0 Å². The Morgan fingerprint density at radius 2 is 2.03 bits per heavy atom. The minimum Gasteiger partial charge on any atom is -0.298 e. The monoisotopic (exact) mass is 445 g/mol. The molecule has 0 fully saturated rings. The summed E-state index contributed by atoms with van der Waals surface area (Å²) in [5, 5.41) is 9.66. The van der Waals surface area contributed by atoms with E-state index in [-0.39, 0.29) is 5.91 Å². The van der Waals surface area contributed by atoms with Gasteiger partial charge in [-0.15, -0.1) is 11.3 Å². The molecule has 4 rings (SSSR count). The van der Waals surface area contributed by atoms with Gasteiger partial charge in [0.1, 0.15) is 0 Å². The van der Waals surface area contributed by atoms with Crippen molar-refractivity contribution < 1.29 is 4.79 Å². The fourth-order valence-corrected chi connectivity index (χ4v) is 4.36. The van der Waals surface area contributed by atoms with Gasteiger partial charge in [0, 0.05) is 29.9 Å². The van der Waals surface area contributed by atoms with Gasteiger partial charge in [-0.3, -0.25) is 14.8 Å². The predicted octanol–water partition coefficient (Wildman–Crippen LogP) is 5.19. The van der Waals surface area contributed by atoms with Gasteiger partial charge in [0.05, 0.1) is 27.0 Å². The second-order valence-electron chi connectivity index (χ2n) is 6.68. The zero-order valence-corrected chi connectivity index (χ0v) is 18.3. The third kappa shape index (κ3) is 3.85. The second kappa shape index (κ2) is 7.74. The van der Waals surface area contributed by atoms with Crippen LogP contribution in [0, 0.1) is 13.8 Å². The lowest BCUT2D eigenvalue weighted by molar-refractivity contribution is 0.102. The number of anilines is 1. The van der Waals surface area contributed by atoms with Gasteiger partial charge in [-0.05, 0) is 31.5 Å². The molecule has 1 N–H and O–H groups in total. The molecular formula is C20H17Cl2N5OS. The standard InChI is InChI=1S/C20H17Cl2N5OS/c1-10-15(8-14-11(2)26-27(3)18(14)24-10)19(28)25-20-23-9-13(29-20)7-12-5-4-6-16(21)17(12)22/h4-6,8-9H,7H2,1-3H3,(H,23,25,28). The van der Waals surface area contributed by atoms with Crippen molar-refractivity contribution in [2.24, 2.45) is 7.05 Å². The van der Waals surface area contributed by atoms with Crippen LogP contribution >= 0.6 is 34.5 Å². The third-order valence-electron chi connectivity index (χ3n) is 4.60. The molecule has 0 aliphatic rings. The Morgan fingerprint density at radius 1 is 1.24 bits per heavy atom. The van der Waals surface area contributed by atoms with E-state index in [0.29, 0.717) is 32.9 Å². The molecule has 0 saturated carbocycles. The van der Waals surface area contributed by atoms with E-state index in [1.54, 1.807) is 16.9 Å². The highest BCUT2D eigenvalue weighted by Crippen LogP contribution is 2.30. The summed E-state index contributed by atoms with van der Waals surface area (Å²) in [6, 6.07) is 7.37. The van der Waals surface area contributed by atoms with Gasteiger partial charge < -0.3 is 0 Å². The lowest BCUT2D eigenvalue weighted by Gasteiger charge is -2.06. The number of carbonyl (C=O) groups is 1. The number of aromatic nitrogens is 4. The number of nitrogens with one attached hydrogen (secondary N) is 1. The SMILES string of the molecule is Cc1nc2c(cc1C(=O)Nc1ncc(Cc3cccc(Cl)c3Cl)s1)c(C)nn2C. The first kappa shape index (κ1) is 19.8. The van der Waals surface area contributed by atoms with E-state index in [9.17, 15) is 4.79 Å². The van der Waals surface area contributed by atoms with Crippen LogP contribution in [-0.2, 0) is 13.5 Å². The first-order chi connectivity index (χ1) is 13.8. The van der Waals surface area contributed by atoms with Crippen molar-refractivity contribution in [1.29, 1.82) is 0 Å². The minimum atomic E-state index is -0.248. The molecule has 6 nitrogen and oxygen atoms in total. The van der Waals surface area contributed by atoms with Crippen LogP contribution in [0.2, 0.25) is 10.0 Å². The minimum absolute atomic E-state index is 0.248. The lowest BCUT2D eigenvalue weighted by Crippen LogP contribution is -2.14. The Bertz CT molecular complexity index is 1250. The first-order valence-electron chi connectivity index (χ1n) is 8.83. The summed E-state index contributed by atoms with van der Waals surface area (Å²) in [5.41, 5.74) is 3.65. The number of aryl methyl sites for hydroxylation is 3. The lowest BCUT2D eigenvalue weighted by atomic mass is 10.1. The van der Waals surface area contributed by atoms with Crippen LogP contribution in [0.5, 0.6) is 0 Å². The molecule has 9 heteroatoms. The average molecular weight is 446 g/mol. The number of thiazole rings is 1. The van der Waals surface area contributed by atoms with Crippen molar-refractivity contribution >= 4 is 56.6 Å². The molecule has 0 aliphatic carbocycles. The van der Waals surface area contributed by atoms with E-state index in [1.165, 1.54) is 11.3 Å². The molecule has 148 valence electrons. The van der Waals surface area contributed by atoms with E-state index in [2.05, 4.69) is 20.4 Å². The van der Waals surface area contributed by atoms with Gasteiger partial charge in [-0.1, -0.05) is 35.3 Å². The number of amides is 1. The Labute approximate surface area is 181 Å². The largest absolute Gasteiger partial charge is 0.298 e. The van der Waals surface area contributed by atoms with Gasteiger partial charge in [-0.25, -0.2) is 9.97 Å². The second-order valence-corrected chi connectivity index (χ2v) is 8.58. The zero-order chi connectivity index (χ0) is 20.7. The molecule has 4 aromatic rings. The van der Waals surface area contributed by atoms with Gasteiger partial charge >= 0.3 is 0 Å². The number of pyridine rings is 1. The highest BCUT2D eigenvalue weighted by molar-refractivity contribution is 7.15. The third-order valence-corrected chi connectivity index (χ3v) is 6.37. The summed E-state index contributed by atoms with van der Waals surface area (Å²) in [6.07, 6.45) is 2.32. The molecule has 0 radical (unpaired) electrons. The highest BCUT2D eigenvalue weighted by atomic mass is 35.5. The van der Waals surface area contributed by atoms with Crippen LogP contribution in [0.3, 0.4) is 0 Å². The summed E-state index contributed by atoms with van der Waals surface area (Å²) >= 11 is 13.7. The molecule has 29 heavy (non-hydrogen) atoms. The van der Waals surface area contributed by atoms with Crippen molar-refractivity contribution in [1.82, 2.24) is 19.7 Å². The number of rotatable bonds is 4. The zero-order valence-electron chi connectivity index (χ0n) is 16.0. The number of halogens is 2. The molecule has 0 aliphatic heterocycles. The fraction of sp³-hybridized carbons (Fsp3) is 0.200. The number of hydrogen-bond acceptors (Lipinski definition) is 5. The Morgan fingerprint density at radius 3 is 2.83 bits per heavy atom. The quantitative estimate of drug-likeness (QED) is 0.468. The van der Waals surface area contributed by atoms with E-state index in [0.717, 1.165) is 27.2 Å². The topological polar surface area (TPSA) is 72.7 Å². The van der Waals surface area contributed by atoms with Gasteiger partial charge in [0.15, 0.2) is 10.8 Å². The van der Waals surface area contributed by atoms with E-state index in [1.807, 2.05) is 39.1 Å². The van der Waals surface area contributed by atoms with Gasteiger partial charge in [0.2, 0.25) is 0 Å². The maximum absolute atomic E-state index is 12.8. The molecule has 1 aromatic carbocycles. The van der Waals surface area contributed by atoms with E-state index >= 15 is 0 Å². The molecule has 3 heterocycles. The first-order valence-corrected chi connectivity index (χ1v) is 10.4. The number of benzene rings is 1. The number of hydrogen-bond donors (Lipinski definition) is 1. The average Bonchev–Trinajstić information content (AvgIpc) is 3.22. The molecule has 1 amide bonds. The molecular weight excluding hydrogens is 429 g/mol. The molecule has 0 spiro atoms. The van der Waals surface area contributed by atoms with Crippen molar-refractivity contribution in [3.05, 3.63) is 67.9 Å². The molecule has 0 atom stereocenters. The van der Waals surface area contributed by atoms with Crippen molar-refractivity contribution in [2.45, 2.75) is 20.3 Å². The molecule has 0 unspecified atom stereocenters. The molecule has 0 saturated heterocycles. The summed E-state index contributed by atoms with van der Waals surface area (Å²) in [4.78, 5) is 22.6. The van der Waals surface area contributed by atoms with Gasteiger partial charge in [0.25, 0.3) is 5.91 Å².